The molecular weight excluding hydrogens is 505 g/mol. The molecule has 176 valence electrons. The van der Waals surface area contributed by atoms with Crippen molar-refractivity contribution in [3.63, 3.8) is 0 Å². The number of methoxy groups -OCH3 is 1. The molecule has 0 amide bonds. The molecule has 8 heteroatoms. The summed E-state index contributed by atoms with van der Waals surface area (Å²) < 4.78 is 10.9. The summed E-state index contributed by atoms with van der Waals surface area (Å²) in [5.74, 6) is 2.53. The zero-order valence-electron chi connectivity index (χ0n) is 19.3. The number of morpholine rings is 1. The Kier molecular flexibility index (Phi) is 11.9. The standard InChI is InChI=1S/C23H39N5O2.HI/c1-4-24-23(25-17-19-9-11-27(2)12-10-19)26-18-22(28-13-15-30-16-14-28)20-5-7-21(29-3)8-6-20;/h5-8,19,22H,4,9-18H2,1-3H3,(H2,24,25,26);1H. The van der Waals surface area contributed by atoms with Crippen molar-refractivity contribution in [1.82, 2.24) is 20.4 Å². The fourth-order valence-corrected chi connectivity index (χ4v) is 4.17. The summed E-state index contributed by atoms with van der Waals surface area (Å²) in [6.07, 6.45) is 2.51. The summed E-state index contributed by atoms with van der Waals surface area (Å²) in [5, 5.41) is 7.01. The molecule has 0 aliphatic carbocycles. The molecule has 2 N–H and O–H groups in total. The van der Waals surface area contributed by atoms with Crippen LogP contribution in [0.3, 0.4) is 0 Å². The Hall–Kier alpha value is -1.10. The fraction of sp³-hybridized carbons (Fsp3) is 0.696. The van der Waals surface area contributed by atoms with E-state index < -0.39 is 0 Å². The van der Waals surface area contributed by atoms with E-state index in [4.69, 9.17) is 14.5 Å². The summed E-state index contributed by atoms with van der Waals surface area (Å²) in [5.41, 5.74) is 1.27. The number of rotatable bonds is 8. The molecule has 31 heavy (non-hydrogen) atoms. The number of piperidine rings is 1. The first kappa shape index (κ1) is 26.2. The molecule has 2 aliphatic heterocycles. The monoisotopic (exact) mass is 545 g/mol. The highest BCUT2D eigenvalue weighted by Gasteiger charge is 2.23. The number of hydrogen-bond acceptors (Lipinski definition) is 5. The number of nitrogens with one attached hydrogen (secondary N) is 2. The Balaban J connectivity index is 0.00000341. The molecule has 2 aliphatic rings. The molecule has 0 aromatic heterocycles. The second-order valence-corrected chi connectivity index (χ2v) is 8.28. The minimum Gasteiger partial charge on any atom is -0.497 e. The Labute approximate surface area is 205 Å². The van der Waals surface area contributed by atoms with Gasteiger partial charge >= 0.3 is 0 Å². The Morgan fingerprint density at radius 1 is 1.13 bits per heavy atom. The second kappa shape index (κ2) is 14.1. The van der Waals surface area contributed by atoms with E-state index in [1.807, 2.05) is 12.1 Å². The van der Waals surface area contributed by atoms with Crippen LogP contribution >= 0.6 is 24.0 Å². The van der Waals surface area contributed by atoms with E-state index in [9.17, 15) is 0 Å². The average molecular weight is 546 g/mol. The first-order valence-electron chi connectivity index (χ1n) is 11.4. The first-order valence-corrected chi connectivity index (χ1v) is 11.4. The predicted molar refractivity (Wildman–Crippen MR) is 138 cm³/mol. The minimum atomic E-state index is 0. The van der Waals surface area contributed by atoms with E-state index in [0.717, 1.165) is 63.6 Å². The van der Waals surface area contributed by atoms with Gasteiger partial charge < -0.3 is 25.0 Å². The van der Waals surface area contributed by atoms with Crippen LogP contribution in [0.5, 0.6) is 5.75 Å². The maximum absolute atomic E-state index is 5.57. The van der Waals surface area contributed by atoms with E-state index in [0.29, 0.717) is 0 Å². The molecule has 0 radical (unpaired) electrons. The van der Waals surface area contributed by atoms with Gasteiger partial charge in [-0.15, -0.1) is 24.0 Å². The lowest BCUT2D eigenvalue weighted by Gasteiger charge is -2.34. The highest BCUT2D eigenvalue weighted by molar-refractivity contribution is 14.0. The lowest BCUT2D eigenvalue weighted by atomic mass is 9.97. The quantitative estimate of drug-likeness (QED) is 0.298. The second-order valence-electron chi connectivity index (χ2n) is 8.28. The van der Waals surface area contributed by atoms with Crippen LogP contribution in [0.15, 0.2) is 29.3 Å². The maximum Gasteiger partial charge on any atom is 0.191 e. The molecule has 1 aromatic rings. The van der Waals surface area contributed by atoms with Gasteiger partial charge in [-0.25, -0.2) is 0 Å². The van der Waals surface area contributed by atoms with Gasteiger partial charge in [-0.3, -0.25) is 9.89 Å². The average Bonchev–Trinajstić information content (AvgIpc) is 2.79. The van der Waals surface area contributed by atoms with Crippen LogP contribution in [0.1, 0.15) is 31.4 Å². The molecule has 1 atom stereocenters. The van der Waals surface area contributed by atoms with Gasteiger partial charge in [0.2, 0.25) is 0 Å². The molecule has 1 unspecified atom stereocenters. The number of ether oxygens (including phenoxy) is 2. The van der Waals surface area contributed by atoms with Crippen LogP contribution < -0.4 is 15.4 Å². The van der Waals surface area contributed by atoms with Crippen molar-refractivity contribution in [1.29, 1.82) is 0 Å². The van der Waals surface area contributed by atoms with E-state index in [-0.39, 0.29) is 30.0 Å². The van der Waals surface area contributed by atoms with E-state index in [1.54, 1.807) is 7.11 Å². The molecule has 2 fully saturated rings. The summed E-state index contributed by atoms with van der Waals surface area (Å²) >= 11 is 0. The third-order valence-corrected chi connectivity index (χ3v) is 6.15. The Morgan fingerprint density at radius 2 is 1.81 bits per heavy atom. The van der Waals surface area contributed by atoms with Crippen molar-refractivity contribution in [3.05, 3.63) is 29.8 Å². The van der Waals surface area contributed by atoms with Gasteiger partial charge in [0.25, 0.3) is 0 Å². The van der Waals surface area contributed by atoms with Gasteiger partial charge in [-0.1, -0.05) is 12.1 Å². The Morgan fingerprint density at radius 3 is 2.42 bits per heavy atom. The van der Waals surface area contributed by atoms with Gasteiger partial charge in [0.05, 0.1) is 32.9 Å². The van der Waals surface area contributed by atoms with Crippen molar-refractivity contribution >= 4 is 29.9 Å². The minimum absolute atomic E-state index is 0. The zero-order chi connectivity index (χ0) is 21.2. The van der Waals surface area contributed by atoms with Crippen molar-refractivity contribution in [2.45, 2.75) is 25.8 Å². The van der Waals surface area contributed by atoms with Gasteiger partial charge in [-0.05, 0) is 63.5 Å². The molecular formula is C23H40IN5O2. The highest BCUT2D eigenvalue weighted by atomic mass is 127. The smallest absolute Gasteiger partial charge is 0.191 e. The number of benzene rings is 1. The summed E-state index contributed by atoms with van der Waals surface area (Å²) in [6, 6.07) is 8.63. The van der Waals surface area contributed by atoms with Gasteiger partial charge in [-0.2, -0.15) is 0 Å². The number of halogens is 1. The van der Waals surface area contributed by atoms with Crippen molar-refractivity contribution in [2.24, 2.45) is 10.9 Å². The van der Waals surface area contributed by atoms with Gasteiger partial charge in [0, 0.05) is 26.2 Å². The van der Waals surface area contributed by atoms with Crippen LogP contribution in [0.2, 0.25) is 0 Å². The van der Waals surface area contributed by atoms with E-state index in [2.05, 4.69) is 46.5 Å². The van der Waals surface area contributed by atoms with Gasteiger partial charge in [0.1, 0.15) is 5.75 Å². The van der Waals surface area contributed by atoms with Crippen molar-refractivity contribution in [2.75, 3.05) is 73.2 Å². The molecule has 1 aromatic carbocycles. The summed E-state index contributed by atoms with van der Waals surface area (Å²) in [7, 11) is 3.91. The SMILES string of the molecule is CCNC(=NCC(c1ccc(OC)cc1)N1CCOCC1)NCC1CCN(C)CC1.I. The largest absolute Gasteiger partial charge is 0.497 e. The lowest BCUT2D eigenvalue weighted by molar-refractivity contribution is 0.0179. The third kappa shape index (κ3) is 8.40. The molecule has 2 saturated heterocycles. The van der Waals surface area contributed by atoms with Crippen LogP contribution in [0.25, 0.3) is 0 Å². The lowest BCUT2D eigenvalue weighted by Crippen LogP contribution is -2.43. The number of hydrogen-bond donors (Lipinski definition) is 2. The molecule has 7 nitrogen and oxygen atoms in total. The number of likely N-dealkylation sites (tertiary alicyclic amines) is 1. The summed E-state index contributed by atoms with van der Waals surface area (Å²) in [4.78, 5) is 9.87. The normalized spacial score (nSPS) is 20.0. The van der Waals surface area contributed by atoms with Crippen LogP contribution in [0.4, 0.5) is 0 Å². The zero-order valence-corrected chi connectivity index (χ0v) is 21.6. The molecule has 0 spiro atoms. The third-order valence-electron chi connectivity index (χ3n) is 6.15. The molecule has 2 heterocycles. The fourth-order valence-electron chi connectivity index (χ4n) is 4.17. The van der Waals surface area contributed by atoms with Crippen LogP contribution in [-0.2, 0) is 4.74 Å². The van der Waals surface area contributed by atoms with Crippen LogP contribution in [-0.4, -0.2) is 88.9 Å². The van der Waals surface area contributed by atoms with Crippen molar-refractivity contribution < 1.29 is 9.47 Å². The number of nitrogens with zero attached hydrogens (tertiary/aromatic N) is 3. The molecule has 0 bridgehead atoms. The predicted octanol–water partition coefficient (Wildman–Crippen LogP) is 2.58. The van der Waals surface area contributed by atoms with E-state index in [1.165, 1.54) is 31.5 Å². The maximum atomic E-state index is 5.57. The van der Waals surface area contributed by atoms with Gasteiger partial charge in [0.15, 0.2) is 5.96 Å². The highest BCUT2D eigenvalue weighted by Crippen LogP contribution is 2.24. The Bertz CT molecular complexity index is 644. The van der Waals surface area contributed by atoms with Crippen LogP contribution in [0, 0.1) is 5.92 Å². The molecule has 3 rings (SSSR count). The van der Waals surface area contributed by atoms with E-state index >= 15 is 0 Å². The van der Waals surface area contributed by atoms with Crippen molar-refractivity contribution in [3.8, 4) is 5.75 Å². The first-order chi connectivity index (χ1) is 14.7. The topological polar surface area (TPSA) is 61.4 Å². The number of aliphatic imine (C=N–C) groups is 1. The summed E-state index contributed by atoms with van der Waals surface area (Å²) in [6.45, 7) is 10.5. The number of guanidine groups is 1. The molecule has 0 saturated carbocycles.